The van der Waals surface area contributed by atoms with Gasteiger partial charge in [0, 0.05) is 16.6 Å². The minimum Gasteiger partial charge on any atom is -0.481 e. The van der Waals surface area contributed by atoms with Crippen molar-refractivity contribution >= 4 is 21.8 Å². The van der Waals surface area contributed by atoms with Crippen LogP contribution in [0.1, 0.15) is 32.3 Å². The van der Waals surface area contributed by atoms with E-state index >= 15 is 0 Å². The van der Waals surface area contributed by atoms with E-state index in [4.69, 9.17) is 4.74 Å². The maximum atomic E-state index is 11.8. The SMILES string of the molecule is CCCCNC(=O)C(C)Oc1ccc(Br)cc1CO. The van der Waals surface area contributed by atoms with Gasteiger partial charge >= 0.3 is 0 Å². The molecule has 1 atom stereocenters. The third-order valence-corrected chi connectivity index (χ3v) is 3.19. The second-order valence-electron chi connectivity index (χ2n) is 4.31. The molecular formula is C14H20BrNO3. The van der Waals surface area contributed by atoms with Gasteiger partial charge < -0.3 is 15.2 Å². The molecule has 0 saturated heterocycles. The maximum absolute atomic E-state index is 11.8. The molecular weight excluding hydrogens is 310 g/mol. The molecule has 0 aliphatic rings. The lowest BCUT2D eigenvalue weighted by molar-refractivity contribution is -0.127. The Morgan fingerprint density at radius 3 is 2.89 bits per heavy atom. The van der Waals surface area contributed by atoms with E-state index in [0.717, 1.165) is 17.3 Å². The Balaban J connectivity index is 2.60. The minimum atomic E-state index is -0.580. The van der Waals surface area contributed by atoms with E-state index < -0.39 is 6.10 Å². The first kappa shape index (κ1) is 16.0. The van der Waals surface area contributed by atoms with Crippen LogP contribution in [0.25, 0.3) is 0 Å². The zero-order valence-corrected chi connectivity index (χ0v) is 12.9. The Labute approximate surface area is 122 Å². The fraction of sp³-hybridized carbons (Fsp3) is 0.500. The largest absolute Gasteiger partial charge is 0.481 e. The quantitative estimate of drug-likeness (QED) is 0.756. The van der Waals surface area contributed by atoms with Crippen molar-refractivity contribution in [2.45, 2.75) is 39.4 Å². The molecule has 1 amide bonds. The number of aliphatic hydroxyl groups excluding tert-OH is 1. The van der Waals surface area contributed by atoms with Gasteiger partial charge in [-0.1, -0.05) is 29.3 Å². The second kappa shape index (κ2) is 8.17. The third-order valence-electron chi connectivity index (χ3n) is 2.70. The number of nitrogens with one attached hydrogen (secondary N) is 1. The van der Waals surface area contributed by atoms with Crippen molar-refractivity contribution in [3.63, 3.8) is 0 Å². The summed E-state index contributed by atoms with van der Waals surface area (Å²) < 4.78 is 6.46. The zero-order chi connectivity index (χ0) is 14.3. The van der Waals surface area contributed by atoms with Crippen molar-refractivity contribution in [3.05, 3.63) is 28.2 Å². The van der Waals surface area contributed by atoms with Gasteiger partial charge in [-0.15, -0.1) is 0 Å². The van der Waals surface area contributed by atoms with Crippen molar-refractivity contribution in [3.8, 4) is 5.75 Å². The van der Waals surface area contributed by atoms with Gasteiger partial charge in [0.1, 0.15) is 5.75 Å². The van der Waals surface area contributed by atoms with Crippen LogP contribution in [0.4, 0.5) is 0 Å². The average molecular weight is 330 g/mol. The number of hydrogen-bond donors (Lipinski definition) is 2. The molecule has 1 rings (SSSR count). The Morgan fingerprint density at radius 1 is 1.53 bits per heavy atom. The van der Waals surface area contributed by atoms with Crippen LogP contribution in [-0.4, -0.2) is 23.7 Å². The minimum absolute atomic E-state index is 0.126. The zero-order valence-electron chi connectivity index (χ0n) is 11.3. The molecule has 1 aromatic carbocycles. The summed E-state index contributed by atoms with van der Waals surface area (Å²) in [5.41, 5.74) is 0.655. The fourth-order valence-electron chi connectivity index (χ4n) is 1.56. The van der Waals surface area contributed by atoms with Crippen LogP contribution in [0.5, 0.6) is 5.75 Å². The summed E-state index contributed by atoms with van der Waals surface area (Å²) in [6.07, 6.45) is 1.42. The lowest BCUT2D eigenvalue weighted by atomic mass is 10.2. The van der Waals surface area contributed by atoms with E-state index in [1.54, 1.807) is 19.1 Å². The molecule has 0 fully saturated rings. The van der Waals surface area contributed by atoms with Crippen molar-refractivity contribution in [2.24, 2.45) is 0 Å². The molecule has 0 spiro atoms. The Bertz CT molecular complexity index is 423. The standard InChI is InChI=1S/C14H20BrNO3/c1-3-4-7-16-14(18)10(2)19-13-6-5-12(15)8-11(13)9-17/h5-6,8,10,17H,3-4,7,9H2,1-2H3,(H,16,18). The Kier molecular flexibility index (Phi) is 6.87. The number of ether oxygens (including phenoxy) is 1. The number of halogens is 1. The van der Waals surface area contributed by atoms with Gasteiger partial charge in [-0.05, 0) is 31.5 Å². The molecule has 0 aliphatic heterocycles. The first-order valence-corrected chi connectivity index (χ1v) is 7.21. The number of rotatable bonds is 7. The molecule has 4 nitrogen and oxygen atoms in total. The molecule has 0 heterocycles. The number of benzene rings is 1. The van der Waals surface area contributed by atoms with E-state index in [0.29, 0.717) is 17.9 Å². The van der Waals surface area contributed by atoms with Gasteiger partial charge in [-0.3, -0.25) is 4.79 Å². The average Bonchev–Trinajstić information content (AvgIpc) is 2.40. The van der Waals surface area contributed by atoms with E-state index in [-0.39, 0.29) is 12.5 Å². The fourth-order valence-corrected chi connectivity index (χ4v) is 1.97. The predicted molar refractivity (Wildman–Crippen MR) is 78.1 cm³/mol. The number of hydrogen-bond acceptors (Lipinski definition) is 3. The summed E-state index contributed by atoms with van der Waals surface area (Å²) in [5.74, 6) is 0.393. The lowest BCUT2D eigenvalue weighted by Crippen LogP contribution is -2.36. The molecule has 106 valence electrons. The van der Waals surface area contributed by atoms with Crippen LogP contribution in [0.15, 0.2) is 22.7 Å². The molecule has 1 unspecified atom stereocenters. The Hall–Kier alpha value is -1.07. The Morgan fingerprint density at radius 2 is 2.26 bits per heavy atom. The summed E-state index contributed by atoms with van der Waals surface area (Å²) in [5, 5.41) is 12.1. The van der Waals surface area contributed by atoms with Crippen LogP contribution >= 0.6 is 15.9 Å². The smallest absolute Gasteiger partial charge is 0.260 e. The highest BCUT2D eigenvalue weighted by Gasteiger charge is 2.15. The van der Waals surface area contributed by atoms with E-state index in [1.807, 2.05) is 6.07 Å². The van der Waals surface area contributed by atoms with Gasteiger partial charge in [-0.2, -0.15) is 0 Å². The summed E-state index contributed by atoms with van der Waals surface area (Å²) in [6, 6.07) is 5.33. The first-order valence-electron chi connectivity index (χ1n) is 6.42. The molecule has 19 heavy (non-hydrogen) atoms. The van der Waals surface area contributed by atoms with Gasteiger partial charge in [0.05, 0.1) is 6.61 Å². The van der Waals surface area contributed by atoms with Gasteiger partial charge in [0.15, 0.2) is 6.10 Å². The number of carbonyl (C=O) groups is 1. The molecule has 0 radical (unpaired) electrons. The maximum Gasteiger partial charge on any atom is 0.260 e. The second-order valence-corrected chi connectivity index (χ2v) is 5.23. The van der Waals surface area contributed by atoms with Crippen LogP contribution in [-0.2, 0) is 11.4 Å². The number of amides is 1. The molecule has 0 saturated carbocycles. The van der Waals surface area contributed by atoms with Crippen LogP contribution in [0.3, 0.4) is 0 Å². The van der Waals surface area contributed by atoms with Crippen molar-refractivity contribution < 1.29 is 14.6 Å². The molecule has 0 bridgehead atoms. The lowest BCUT2D eigenvalue weighted by Gasteiger charge is -2.16. The van der Waals surface area contributed by atoms with Crippen molar-refractivity contribution in [1.29, 1.82) is 0 Å². The summed E-state index contributed by atoms with van der Waals surface area (Å²) in [6.45, 7) is 4.31. The number of aliphatic hydroxyl groups is 1. The topological polar surface area (TPSA) is 58.6 Å². The molecule has 0 aromatic heterocycles. The summed E-state index contributed by atoms with van der Waals surface area (Å²) in [7, 11) is 0. The first-order chi connectivity index (χ1) is 9.08. The van der Waals surface area contributed by atoms with Gasteiger partial charge in [-0.25, -0.2) is 0 Å². The predicted octanol–water partition coefficient (Wildman–Crippen LogP) is 2.63. The molecule has 5 heteroatoms. The van der Waals surface area contributed by atoms with Crippen LogP contribution in [0.2, 0.25) is 0 Å². The molecule has 2 N–H and O–H groups in total. The number of unbranched alkanes of at least 4 members (excludes halogenated alkanes) is 1. The van der Waals surface area contributed by atoms with E-state index in [9.17, 15) is 9.90 Å². The monoisotopic (exact) mass is 329 g/mol. The third kappa shape index (κ3) is 5.20. The van der Waals surface area contributed by atoms with Crippen LogP contribution in [0, 0.1) is 0 Å². The summed E-state index contributed by atoms with van der Waals surface area (Å²) in [4.78, 5) is 11.8. The normalized spacial score (nSPS) is 12.0. The summed E-state index contributed by atoms with van der Waals surface area (Å²) >= 11 is 3.33. The van der Waals surface area contributed by atoms with E-state index in [2.05, 4.69) is 28.2 Å². The van der Waals surface area contributed by atoms with Crippen LogP contribution < -0.4 is 10.1 Å². The molecule has 0 aliphatic carbocycles. The van der Waals surface area contributed by atoms with E-state index in [1.165, 1.54) is 0 Å². The highest BCUT2D eigenvalue weighted by Crippen LogP contribution is 2.24. The van der Waals surface area contributed by atoms with Crippen molar-refractivity contribution in [2.75, 3.05) is 6.54 Å². The van der Waals surface area contributed by atoms with Crippen molar-refractivity contribution in [1.82, 2.24) is 5.32 Å². The van der Waals surface area contributed by atoms with Gasteiger partial charge in [0.2, 0.25) is 0 Å². The molecule has 1 aromatic rings. The highest BCUT2D eigenvalue weighted by molar-refractivity contribution is 9.10. The number of carbonyl (C=O) groups excluding carboxylic acids is 1. The van der Waals surface area contributed by atoms with Gasteiger partial charge in [0.25, 0.3) is 5.91 Å². The highest BCUT2D eigenvalue weighted by atomic mass is 79.9.